The predicted octanol–water partition coefficient (Wildman–Crippen LogP) is 4.83. The van der Waals surface area contributed by atoms with Crippen LogP contribution in [0, 0.1) is 6.92 Å². The number of nitrogens with zero attached hydrogens (tertiary/aromatic N) is 5. The van der Waals surface area contributed by atoms with E-state index in [4.69, 9.17) is 16.3 Å². The smallest absolute Gasteiger partial charge is 0.410 e. The lowest BCUT2D eigenvalue weighted by atomic mass is 10.1. The van der Waals surface area contributed by atoms with Crippen molar-refractivity contribution in [1.82, 2.24) is 19.4 Å². The lowest BCUT2D eigenvalue weighted by Crippen LogP contribution is -2.54. The van der Waals surface area contributed by atoms with Gasteiger partial charge < -0.3 is 19.1 Å². The number of rotatable bonds is 2. The van der Waals surface area contributed by atoms with Crippen molar-refractivity contribution in [2.45, 2.75) is 46.3 Å². The number of aromatic nitrogens is 3. The van der Waals surface area contributed by atoms with Crippen LogP contribution in [0.1, 0.15) is 33.3 Å². The molecule has 0 unspecified atom stereocenters. The number of amides is 1. The molecular weight excluding hydrogens is 414 g/mol. The predicted molar refractivity (Wildman–Crippen MR) is 123 cm³/mol. The maximum absolute atomic E-state index is 12.5. The van der Waals surface area contributed by atoms with Crippen molar-refractivity contribution in [2.75, 3.05) is 24.5 Å². The monoisotopic (exact) mass is 441 g/mol. The van der Waals surface area contributed by atoms with E-state index >= 15 is 0 Å². The minimum atomic E-state index is -0.503. The Morgan fingerprint density at radius 3 is 2.68 bits per heavy atom. The van der Waals surface area contributed by atoms with E-state index in [1.54, 1.807) is 11.2 Å². The van der Waals surface area contributed by atoms with Gasteiger partial charge in [-0.1, -0.05) is 17.7 Å². The molecule has 0 radical (unpaired) electrons. The summed E-state index contributed by atoms with van der Waals surface area (Å²) in [6.07, 6.45) is 3.40. The van der Waals surface area contributed by atoms with Crippen LogP contribution >= 0.6 is 11.6 Å². The molecule has 1 saturated heterocycles. The van der Waals surface area contributed by atoms with Crippen molar-refractivity contribution in [3.8, 4) is 5.69 Å². The molecular formula is C23H28ClN5O2. The first-order chi connectivity index (χ1) is 14.6. The minimum Gasteiger partial charge on any atom is -0.444 e. The number of piperazine rings is 1. The average Bonchev–Trinajstić information content (AvgIpc) is 3.04. The number of hydrogen-bond donors (Lipinski definition) is 0. The summed E-state index contributed by atoms with van der Waals surface area (Å²) < 4.78 is 7.59. The van der Waals surface area contributed by atoms with Crippen LogP contribution in [0.5, 0.6) is 0 Å². The summed E-state index contributed by atoms with van der Waals surface area (Å²) in [7, 11) is 0. The molecule has 4 rings (SSSR count). The highest BCUT2D eigenvalue weighted by Crippen LogP contribution is 2.32. The number of fused-ring (bicyclic) bond motifs is 1. The van der Waals surface area contributed by atoms with E-state index < -0.39 is 5.60 Å². The van der Waals surface area contributed by atoms with Crippen molar-refractivity contribution in [3.63, 3.8) is 0 Å². The summed E-state index contributed by atoms with van der Waals surface area (Å²) in [6, 6.07) is 7.81. The Hall–Kier alpha value is -2.80. The van der Waals surface area contributed by atoms with Gasteiger partial charge in [-0.05, 0) is 58.4 Å². The molecule has 1 amide bonds. The maximum atomic E-state index is 12.5. The summed E-state index contributed by atoms with van der Waals surface area (Å²) in [5, 5.41) is 1.69. The van der Waals surface area contributed by atoms with Gasteiger partial charge in [0.2, 0.25) is 0 Å². The third kappa shape index (κ3) is 4.32. The normalized spacial score (nSPS) is 17.3. The summed E-state index contributed by atoms with van der Waals surface area (Å²) in [5.41, 5.74) is 2.38. The number of ether oxygens (including phenoxy) is 1. The van der Waals surface area contributed by atoms with Gasteiger partial charge in [-0.15, -0.1) is 0 Å². The van der Waals surface area contributed by atoms with Gasteiger partial charge in [0.15, 0.2) is 0 Å². The molecule has 164 valence electrons. The van der Waals surface area contributed by atoms with Crippen molar-refractivity contribution in [1.29, 1.82) is 0 Å². The van der Waals surface area contributed by atoms with Gasteiger partial charge in [-0.2, -0.15) is 0 Å². The van der Waals surface area contributed by atoms with Crippen molar-refractivity contribution in [2.24, 2.45) is 0 Å². The average molecular weight is 442 g/mol. The van der Waals surface area contributed by atoms with Gasteiger partial charge in [0.25, 0.3) is 0 Å². The van der Waals surface area contributed by atoms with Crippen LogP contribution in [0.3, 0.4) is 0 Å². The highest BCUT2D eigenvalue weighted by atomic mass is 35.5. The molecule has 0 spiro atoms. The minimum absolute atomic E-state index is 0.0910. The summed E-state index contributed by atoms with van der Waals surface area (Å²) in [4.78, 5) is 25.7. The Morgan fingerprint density at radius 2 is 2.00 bits per heavy atom. The SMILES string of the molecule is Cc1cn(-c2cccc(Cl)c2)c2ncnc(N3CCN(C(=O)OC(C)(C)C)C[C@@H]3C)c12. The van der Waals surface area contributed by atoms with E-state index in [1.807, 2.05) is 49.6 Å². The molecule has 1 atom stereocenters. The van der Waals surface area contributed by atoms with Gasteiger partial charge in [0, 0.05) is 42.6 Å². The number of hydrogen-bond acceptors (Lipinski definition) is 5. The van der Waals surface area contributed by atoms with E-state index in [2.05, 4.69) is 34.9 Å². The first-order valence-corrected chi connectivity index (χ1v) is 10.8. The second-order valence-electron chi connectivity index (χ2n) is 9.03. The Morgan fingerprint density at radius 1 is 1.23 bits per heavy atom. The van der Waals surface area contributed by atoms with E-state index in [9.17, 15) is 4.79 Å². The van der Waals surface area contributed by atoms with Crippen LogP contribution in [-0.2, 0) is 4.74 Å². The Labute approximate surface area is 187 Å². The number of benzene rings is 1. The van der Waals surface area contributed by atoms with Gasteiger partial charge in [-0.3, -0.25) is 0 Å². The zero-order chi connectivity index (χ0) is 22.3. The second-order valence-corrected chi connectivity index (χ2v) is 9.46. The van der Waals surface area contributed by atoms with Crippen LogP contribution in [-0.4, -0.2) is 56.8 Å². The van der Waals surface area contributed by atoms with Crippen molar-refractivity contribution >= 4 is 34.5 Å². The molecule has 7 nitrogen and oxygen atoms in total. The lowest BCUT2D eigenvalue weighted by Gasteiger charge is -2.41. The molecule has 31 heavy (non-hydrogen) atoms. The number of aryl methyl sites for hydroxylation is 1. The molecule has 0 saturated carbocycles. The number of halogens is 1. The van der Waals surface area contributed by atoms with E-state index in [-0.39, 0.29) is 12.1 Å². The van der Waals surface area contributed by atoms with Crippen LogP contribution < -0.4 is 4.90 Å². The number of anilines is 1. The van der Waals surface area contributed by atoms with Gasteiger partial charge >= 0.3 is 6.09 Å². The molecule has 1 aromatic carbocycles. The zero-order valence-electron chi connectivity index (χ0n) is 18.6. The van der Waals surface area contributed by atoms with Crippen LogP contribution in [0.25, 0.3) is 16.7 Å². The molecule has 0 aliphatic carbocycles. The molecule has 8 heteroatoms. The molecule has 3 aromatic rings. The quantitative estimate of drug-likeness (QED) is 0.570. The van der Waals surface area contributed by atoms with Crippen molar-refractivity contribution < 1.29 is 9.53 Å². The summed E-state index contributed by atoms with van der Waals surface area (Å²) in [6.45, 7) is 11.7. The molecule has 3 heterocycles. The summed E-state index contributed by atoms with van der Waals surface area (Å²) in [5.74, 6) is 0.889. The highest BCUT2D eigenvalue weighted by molar-refractivity contribution is 6.30. The molecule has 1 aliphatic heterocycles. The number of carbonyl (C=O) groups is 1. The Bertz CT molecular complexity index is 1120. The molecule has 1 fully saturated rings. The topological polar surface area (TPSA) is 63.5 Å². The molecule has 1 aliphatic rings. The maximum Gasteiger partial charge on any atom is 0.410 e. The largest absolute Gasteiger partial charge is 0.444 e. The first kappa shape index (κ1) is 21.4. The zero-order valence-corrected chi connectivity index (χ0v) is 19.3. The first-order valence-electron chi connectivity index (χ1n) is 10.5. The van der Waals surface area contributed by atoms with Gasteiger partial charge in [0.1, 0.15) is 23.4 Å². The Balaban J connectivity index is 1.64. The fraction of sp³-hybridized carbons (Fsp3) is 0.435. The lowest BCUT2D eigenvalue weighted by molar-refractivity contribution is 0.0218. The molecule has 0 bridgehead atoms. The van der Waals surface area contributed by atoms with Gasteiger partial charge in [0.05, 0.1) is 5.39 Å². The van der Waals surface area contributed by atoms with E-state index in [0.29, 0.717) is 24.7 Å². The standard InChI is InChI=1S/C23H28ClN5O2/c1-15-12-29(18-8-6-7-17(24)11-18)21-19(15)20(25-14-26-21)28-10-9-27(13-16(28)2)22(30)31-23(3,4)5/h6-8,11-12,14,16H,9-10,13H2,1-5H3/t16-/m0/s1. The van der Waals surface area contributed by atoms with E-state index in [0.717, 1.165) is 28.1 Å². The Kier molecular flexibility index (Phi) is 5.56. The number of carbonyl (C=O) groups excluding carboxylic acids is 1. The van der Waals surface area contributed by atoms with Crippen LogP contribution in [0.2, 0.25) is 5.02 Å². The fourth-order valence-corrected chi connectivity index (χ4v) is 4.21. The van der Waals surface area contributed by atoms with Crippen LogP contribution in [0.15, 0.2) is 36.8 Å². The van der Waals surface area contributed by atoms with Crippen LogP contribution in [0.4, 0.5) is 10.6 Å². The third-order valence-electron chi connectivity index (χ3n) is 5.39. The third-order valence-corrected chi connectivity index (χ3v) is 5.63. The second kappa shape index (κ2) is 8.04. The molecule has 2 aromatic heterocycles. The van der Waals surface area contributed by atoms with Gasteiger partial charge in [-0.25, -0.2) is 14.8 Å². The fourth-order valence-electron chi connectivity index (χ4n) is 4.03. The van der Waals surface area contributed by atoms with Crippen molar-refractivity contribution in [3.05, 3.63) is 47.4 Å². The highest BCUT2D eigenvalue weighted by Gasteiger charge is 2.31. The molecule has 0 N–H and O–H groups in total. The summed E-state index contributed by atoms with van der Waals surface area (Å²) >= 11 is 6.21. The van der Waals surface area contributed by atoms with E-state index in [1.165, 1.54) is 0 Å².